The second kappa shape index (κ2) is 8.57. The van der Waals surface area contributed by atoms with E-state index in [-0.39, 0.29) is 18.2 Å². The molecule has 2 aromatic rings. The van der Waals surface area contributed by atoms with Crippen LogP contribution in [-0.4, -0.2) is 5.11 Å². The molecule has 0 spiro atoms. The van der Waals surface area contributed by atoms with Gasteiger partial charge in [0.25, 0.3) is 0 Å². The maximum Gasteiger partial charge on any atom is 0.123 e. The third-order valence-electron chi connectivity index (χ3n) is 2.33. The van der Waals surface area contributed by atoms with Gasteiger partial charge in [0.05, 0.1) is 6.61 Å². The number of hydrogen-bond acceptors (Lipinski definition) is 1. The van der Waals surface area contributed by atoms with Crippen molar-refractivity contribution in [2.24, 2.45) is 0 Å². The molecule has 0 aliphatic rings. The minimum atomic E-state index is -0.381. The highest BCUT2D eigenvalue weighted by Crippen LogP contribution is 2.19. The molecule has 0 aliphatic carbocycles. The normalized spacial score (nSPS) is 9.90. The fourth-order valence-electron chi connectivity index (χ4n) is 1.31. The molecule has 0 bridgehead atoms. The molecule has 2 rings (SSSR count). The summed E-state index contributed by atoms with van der Waals surface area (Å²) in [6, 6.07) is 8.19. The molecule has 1 nitrogen and oxygen atoms in total. The van der Waals surface area contributed by atoms with E-state index in [2.05, 4.69) is 15.9 Å². The van der Waals surface area contributed by atoms with Gasteiger partial charge < -0.3 is 5.11 Å². The van der Waals surface area contributed by atoms with Gasteiger partial charge in [-0.3, -0.25) is 0 Å². The van der Waals surface area contributed by atoms with Crippen LogP contribution in [0.3, 0.4) is 0 Å². The zero-order valence-corrected chi connectivity index (χ0v) is 13.3. The molecule has 0 radical (unpaired) electrons. The van der Waals surface area contributed by atoms with E-state index >= 15 is 0 Å². The number of alkyl halides is 1. The SMILES string of the molecule is Fc1ccc(Cl)c(CBr)c1.OCc1cc(F)ccc1Cl. The molecule has 0 aliphatic heterocycles. The first-order valence-electron chi connectivity index (χ1n) is 5.52. The smallest absolute Gasteiger partial charge is 0.123 e. The largest absolute Gasteiger partial charge is 0.392 e. The lowest BCUT2D eigenvalue weighted by atomic mass is 10.2. The molecule has 0 heterocycles. The summed E-state index contributed by atoms with van der Waals surface area (Å²) >= 11 is 14.5. The van der Waals surface area contributed by atoms with Crippen molar-refractivity contribution in [1.29, 1.82) is 0 Å². The van der Waals surface area contributed by atoms with Crippen LogP contribution in [0.1, 0.15) is 11.1 Å². The highest BCUT2D eigenvalue weighted by Gasteiger charge is 1.99. The van der Waals surface area contributed by atoms with Crippen molar-refractivity contribution in [1.82, 2.24) is 0 Å². The Morgan fingerprint density at radius 3 is 1.70 bits per heavy atom. The Morgan fingerprint density at radius 2 is 1.35 bits per heavy atom. The molecule has 0 atom stereocenters. The van der Waals surface area contributed by atoms with Crippen LogP contribution >= 0.6 is 39.1 Å². The fraction of sp³-hybridized carbons (Fsp3) is 0.143. The number of aliphatic hydroxyl groups is 1. The lowest BCUT2D eigenvalue weighted by Gasteiger charge is -1.97. The first kappa shape index (κ1) is 17.4. The van der Waals surface area contributed by atoms with E-state index in [4.69, 9.17) is 28.3 Å². The summed E-state index contributed by atoms with van der Waals surface area (Å²) in [6.07, 6.45) is 0. The molecule has 1 N–H and O–H groups in total. The Kier molecular flexibility index (Phi) is 7.45. The van der Waals surface area contributed by atoms with E-state index in [9.17, 15) is 8.78 Å². The van der Waals surface area contributed by atoms with Gasteiger partial charge in [0.15, 0.2) is 0 Å². The number of rotatable bonds is 2. The van der Waals surface area contributed by atoms with Crippen LogP contribution in [0, 0.1) is 11.6 Å². The van der Waals surface area contributed by atoms with Crippen LogP contribution in [-0.2, 0) is 11.9 Å². The summed E-state index contributed by atoms with van der Waals surface area (Å²) in [5, 5.41) is 10.2. The van der Waals surface area contributed by atoms with Gasteiger partial charge in [0, 0.05) is 15.4 Å². The monoisotopic (exact) mass is 382 g/mol. The van der Waals surface area contributed by atoms with E-state index in [1.807, 2.05) is 0 Å². The molecule has 6 heteroatoms. The van der Waals surface area contributed by atoms with E-state index in [0.717, 1.165) is 5.56 Å². The molecule has 0 aromatic heterocycles. The summed E-state index contributed by atoms with van der Waals surface area (Å²) in [5.41, 5.74) is 1.20. The van der Waals surface area contributed by atoms with Gasteiger partial charge in [0.2, 0.25) is 0 Å². The van der Waals surface area contributed by atoms with E-state index in [0.29, 0.717) is 20.9 Å². The Labute approximate surface area is 134 Å². The van der Waals surface area contributed by atoms with Crippen LogP contribution in [0.25, 0.3) is 0 Å². The average molecular weight is 384 g/mol. The van der Waals surface area contributed by atoms with Crippen LogP contribution in [0.15, 0.2) is 36.4 Å². The van der Waals surface area contributed by atoms with E-state index in [1.54, 1.807) is 6.07 Å². The van der Waals surface area contributed by atoms with Gasteiger partial charge in [-0.05, 0) is 47.5 Å². The lowest BCUT2D eigenvalue weighted by Crippen LogP contribution is -1.85. The molecular formula is C14H11BrCl2F2O. The van der Waals surface area contributed by atoms with Crippen LogP contribution in [0.4, 0.5) is 8.78 Å². The number of halogens is 5. The standard InChI is InChI=1S/C7H5BrClF.C7H6ClFO/c8-4-5-3-6(10)1-2-7(5)9;8-7-2-1-6(9)3-5(7)4-10/h1-3H,4H2;1-3,10H,4H2. The van der Waals surface area contributed by atoms with Crippen molar-refractivity contribution in [3.8, 4) is 0 Å². The predicted octanol–water partition coefficient (Wildman–Crippen LogP) is 5.35. The molecule has 2 aromatic carbocycles. The lowest BCUT2D eigenvalue weighted by molar-refractivity contribution is 0.281. The summed E-state index contributed by atoms with van der Waals surface area (Å²) in [4.78, 5) is 0. The quantitative estimate of drug-likeness (QED) is 0.693. The van der Waals surface area contributed by atoms with Crippen LogP contribution < -0.4 is 0 Å². The van der Waals surface area contributed by atoms with Crippen molar-refractivity contribution in [2.75, 3.05) is 0 Å². The predicted molar refractivity (Wildman–Crippen MR) is 81.4 cm³/mol. The zero-order valence-electron chi connectivity index (χ0n) is 10.2. The van der Waals surface area contributed by atoms with Crippen molar-refractivity contribution in [3.63, 3.8) is 0 Å². The first-order chi connectivity index (χ1) is 9.47. The topological polar surface area (TPSA) is 20.2 Å². The summed E-state index contributed by atoms with van der Waals surface area (Å²) in [7, 11) is 0. The second-order valence-corrected chi connectivity index (χ2v) is 5.14. The van der Waals surface area contributed by atoms with E-state index in [1.165, 1.54) is 30.3 Å². The van der Waals surface area contributed by atoms with Crippen LogP contribution in [0.5, 0.6) is 0 Å². The third-order valence-corrected chi connectivity index (χ3v) is 3.67. The minimum Gasteiger partial charge on any atom is -0.392 e. The van der Waals surface area contributed by atoms with Crippen LogP contribution in [0.2, 0.25) is 10.0 Å². The molecule has 0 fully saturated rings. The minimum absolute atomic E-state index is 0.226. The molecule has 0 amide bonds. The van der Waals surface area contributed by atoms with Gasteiger partial charge in [0.1, 0.15) is 11.6 Å². The highest BCUT2D eigenvalue weighted by atomic mass is 79.9. The summed E-state index contributed by atoms with van der Waals surface area (Å²) < 4.78 is 24.8. The number of aliphatic hydroxyl groups excluding tert-OH is 1. The number of hydrogen-bond donors (Lipinski definition) is 1. The van der Waals surface area contributed by atoms with Crippen molar-refractivity contribution in [3.05, 3.63) is 69.2 Å². The van der Waals surface area contributed by atoms with Gasteiger partial charge in [-0.25, -0.2) is 8.78 Å². The maximum absolute atomic E-state index is 12.5. The van der Waals surface area contributed by atoms with Gasteiger partial charge in [-0.1, -0.05) is 39.1 Å². The maximum atomic E-state index is 12.5. The first-order valence-corrected chi connectivity index (χ1v) is 7.40. The van der Waals surface area contributed by atoms with Gasteiger partial charge >= 0.3 is 0 Å². The van der Waals surface area contributed by atoms with Gasteiger partial charge in [-0.15, -0.1) is 0 Å². The molecule has 108 valence electrons. The molecule has 0 saturated heterocycles. The molecular weight excluding hydrogens is 373 g/mol. The number of benzene rings is 2. The summed E-state index contributed by atoms with van der Waals surface area (Å²) in [5.74, 6) is -0.632. The Bertz CT molecular complexity index is 528. The van der Waals surface area contributed by atoms with Gasteiger partial charge in [-0.2, -0.15) is 0 Å². The molecule has 0 unspecified atom stereocenters. The zero-order chi connectivity index (χ0) is 15.1. The third kappa shape index (κ3) is 5.37. The average Bonchev–Trinajstić information content (AvgIpc) is 2.44. The summed E-state index contributed by atoms with van der Waals surface area (Å²) in [6.45, 7) is -0.226. The Morgan fingerprint density at radius 1 is 0.900 bits per heavy atom. The second-order valence-electron chi connectivity index (χ2n) is 3.76. The molecule has 20 heavy (non-hydrogen) atoms. The van der Waals surface area contributed by atoms with Crippen molar-refractivity contribution in [2.45, 2.75) is 11.9 Å². The van der Waals surface area contributed by atoms with E-state index < -0.39 is 0 Å². The van der Waals surface area contributed by atoms with Crippen molar-refractivity contribution >= 4 is 39.1 Å². The fourth-order valence-corrected chi connectivity index (χ4v) is 2.30. The Balaban J connectivity index is 0.000000200. The molecule has 0 saturated carbocycles. The Hall–Kier alpha value is -0.680. The van der Waals surface area contributed by atoms with Crippen molar-refractivity contribution < 1.29 is 13.9 Å². The highest BCUT2D eigenvalue weighted by molar-refractivity contribution is 9.08.